The van der Waals surface area contributed by atoms with Gasteiger partial charge in [0.1, 0.15) is 10.8 Å². The van der Waals surface area contributed by atoms with E-state index < -0.39 is 22.8 Å². The molecule has 3 aliphatic rings. The fourth-order valence-electron chi connectivity index (χ4n) is 2.65. The van der Waals surface area contributed by atoms with Crippen molar-refractivity contribution >= 4 is 11.9 Å². The minimum absolute atomic E-state index is 0.309. The van der Waals surface area contributed by atoms with Crippen molar-refractivity contribution in [2.24, 2.45) is 10.8 Å². The highest BCUT2D eigenvalue weighted by atomic mass is 16.6. The van der Waals surface area contributed by atoms with Crippen molar-refractivity contribution < 1.29 is 19.1 Å². The number of cyclic esters (lactones) is 2. The van der Waals surface area contributed by atoms with Gasteiger partial charge in [0.25, 0.3) is 0 Å². The van der Waals surface area contributed by atoms with Gasteiger partial charge in [0.15, 0.2) is 0 Å². The second kappa shape index (κ2) is 1.93. The summed E-state index contributed by atoms with van der Waals surface area (Å²) in [6.07, 6.45) is 3.06. The molecule has 0 saturated carbocycles. The van der Waals surface area contributed by atoms with Crippen LogP contribution in [0.1, 0.15) is 13.8 Å². The van der Waals surface area contributed by atoms with E-state index in [2.05, 4.69) is 0 Å². The molecule has 2 fully saturated rings. The van der Waals surface area contributed by atoms with E-state index in [9.17, 15) is 9.59 Å². The topological polar surface area (TPSA) is 52.6 Å². The Morgan fingerprint density at radius 1 is 1.07 bits per heavy atom. The van der Waals surface area contributed by atoms with E-state index in [1.54, 1.807) is 13.8 Å². The third-order valence-electron chi connectivity index (χ3n) is 4.00. The van der Waals surface area contributed by atoms with Gasteiger partial charge in [0.05, 0.1) is 12.2 Å². The van der Waals surface area contributed by atoms with Crippen LogP contribution in [0.4, 0.5) is 0 Å². The van der Waals surface area contributed by atoms with Gasteiger partial charge >= 0.3 is 11.9 Å². The Hall–Kier alpha value is -1.16. The van der Waals surface area contributed by atoms with E-state index in [1.807, 2.05) is 12.2 Å². The monoisotopic (exact) mass is 194 g/mol. The Kier molecular flexibility index (Phi) is 1.13. The number of esters is 2. The Balaban J connectivity index is 2.26. The van der Waals surface area contributed by atoms with Crippen molar-refractivity contribution in [1.82, 2.24) is 0 Å². The third kappa shape index (κ3) is 0.522. The molecule has 4 atom stereocenters. The number of hydrogen-bond donors (Lipinski definition) is 0. The van der Waals surface area contributed by atoms with Gasteiger partial charge in [-0.15, -0.1) is 0 Å². The maximum absolute atomic E-state index is 11.6. The second-order valence-corrected chi connectivity index (χ2v) is 4.44. The van der Waals surface area contributed by atoms with Crippen molar-refractivity contribution in [2.75, 3.05) is 0 Å². The lowest BCUT2D eigenvalue weighted by Crippen LogP contribution is -2.46. The van der Waals surface area contributed by atoms with E-state index in [0.717, 1.165) is 0 Å². The fraction of sp³-hybridized carbons (Fsp3) is 0.600. The van der Waals surface area contributed by atoms with Crippen LogP contribution >= 0.6 is 0 Å². The second-order valence-electron chi connectivity index (χ2n) is 4.44. The summed E-state index contributed by atoms with van der Waals surface area (Å²) in [5.74, 6) is -0.913. The van der Waals surface area contributed by atoms with Crippen LogP contribution in [0.5, 0.6) is 0 Å². The van der Waals surface area contributed by atoms with Gasteiger partial charge < -0.3 is 9.47 Å². The number of rotatable bonds is 0. The highest BCUT2D eigenvalue weighted by molar-refractivity contribution is 6.03. The molecule has 0 aromatic heterocycles. The highest BCUT2D eigenvalue weighted by Gasteiger charge is 2.75. The van der Waals surface area contributed by atoms with Crippen LogP contribution in [0.2, 0.25) is 0 Å². The largest absolute Gasteiger partial charge is 0.392 e. The van der Waals surface area contributed by atoms with E-state index in [4.69, 9.17) is 9.47 Å². The molecule has 3 heterocycles. The Bertz CT molecular complexity index is 352. The van der Waals surface area contributed by atoms with E-state index in [0.29, 0.717) is 0 Å². The quantitative estimate of drug-likeness (QED) is 0.318. The fourth-order valence-corrected chi connectivity index (χ4v) is 2.65. The molecular weight excluding hydrogens is 184 g/mol. The van der Waals surface area contributed by atoms with Crippen LogP contribution in [0.15, 0.2) is 12.2 Å². The van der Waals surface area contributed by atoms with Crippen LogP contribution < -0.4 is 0 Å². The van der Waals surface area contributed by atoms with Crippen molar-refractivity contribution in [3.63, 3.8) is 0 Å². The normalized spacial score (nSPS) is 53.9. The molecule has 0 aliphatic carbocycles. The van der Waals surface area contributed by atoms with Crippen molar-refractivity contribution in [3.05, 3.63) is 12.2 Å². The van der Waals surface area contributed by atoms with E-state index in [1.165, 1.54) is 0 Å². The number of carbonyl (C=O) groups excluding carboxylic acids is 2. The maximum atomic E-state index is 11.6. The molecule has 14 heavy (non-hydrogen) atoms. The smallest absolute Gasteiger partial charge is 0.323 e. The van der Waals surface area contributed by atoms with Gasteiger partial charge in [0, 0.05) is 0 Å². The molecule has 3 aliphatic heterocycles. The minimum Gasteiger partial charge on any atom is -0.392 e. The zero-order valence-electron chi connectivity index (χ0n) is 7.94. The van der Waals surface area contributed by atoms with Crippen LogP contribution in [0.3, 0.4) is 0 Å². The molecule has 3 rings (SSSR count). The first-order chi connectivity index (χ1) is 6.51. The van der Waals surface area contributed by atoms with Crippen LogP contribution in [0, 0.1) is 10.8 Å². The molecule has 0 spiro atoms. The number of carbonyl (C=O) groups is 2. The van der Waals surface area contributed by atoms with Gasteiger partial charge in [-0.2, -0.15) is 0 Å². The van der Waals surface area contributed by atoms with Crippen LogP contribution in [-0.2, 0) is 19.1 Å². The summed E-state index contributed by atoms with van der Waals surface area (Å²) in [4.78, 5) is 23.3. The number of hydrogen-bond acceptors (Lipinski definition) is 4. The molecule has 4 nitrogen and oxygen atoms in total. The first-order valence-corrected chi connectivity index (χ1v) is 4.62. The van der Waals surface area contributed by atoms with Crippen molar-refractivity contribution in [3.8, 4) is 0 Å². The molecular formula is C10H10O4. The minimum atomic E-state index is -0.830. The lowest BCUT2D eigenvalue weighted by Gasteiger charge is -2.31. The van der Waals surface area contributed by atoms with Gasteiger partial charge in [-0.3, -0.25) is 9.59 Å². The predicted octanol–water partition coefficient (Wildman–Crippen LogP) is 0.420. The number of ether oxygens (including phenoxy) is 2. The van der Waals surface area contributed by atoms with Gasteiger partial charge in [0.2, 0.25) is 0 Å². The van der Waals surface area contributed by atoms with E-state index in [-0.39, 0.29) is 12.2 Å². The lowest BCUT2D eigenvalue weighted by molar-refractivity contribution is -0.159. The summed E-state index contributed by atoms with van der Waals surface area (Å²) in [6, 6.07) is 0. The molecule has 0 radical (unpaired) electrons. The summed E-state index contributed by atoms with van der Waals surface area (Å²) in [5, 5.41) is 0. The third-order valence-corrected chi connectivity index (χ3v) is 4.00. The Labute approximate surface area is 80.9 Å². The zero-order valence-corrected chi connectivity index (χ0v) is 7.94. The van der Waals surface area contributed by atoms with Gasteiger partial charge in [-0.25, -0.2) is 0 Å². The van der Waals surface area contributed by atoms with Crippen LogP contribution in [0.25, 0.3) is 0 Å². The molecule has 4 heteroatoms. The SMILES string of the molecule is C[C@@]12C(=O)OC(=O)[C@]1(C)[C@@H]1C=C[C@@H]2O1. The Morgan fingerprint density at radius 3 is 1.93 bits per heavy atom. The lowest BCUT2D eigenvalue weighted by atomic mass is 9.61. The molecule has 0 unspecified atom stereocenters. The highest BCUT2D eigenvalue weighted by Crippen LogP contribution is 2.61. The maximum Gasteiger partial charge on any atom is 0.323 e. The first-order valence-electron chi connectivity index (χ1n) is 4.62. The van der Waals surface area contributed by atoms with Crippen molar-refractivity contribution in [1.29, 1.82) is 0 Å². The molecule has 0 aromatic rings. The first kappa shape index (κ1) is 8.17. The molecule has 0 amide bonds. The summed E-state index contributed by atoms with van der Waals surface area (Å²) >= 11 is 0. The molecule has 2 saturated heterocycles. The summed E-state index contributed by atoms with van der Waals surface area (Å²) in [6.45, 7) is 3.49. The molecule has 0 aromatic carbocycles. The Morgan fingerprint density at radius 2 is 1.50 bits per heavy atom. The van der Waals surface area contributed by atoms with Crippen LogP contribution in [-0.4, -0.2) is 24.1 Å². The number of fused-ring (bicyclic) bond motifs is 5. The standard InChI is InChI=1S/C10H10O4/c1-9-5-3-4-6(13-5)10(9,2)8(12)14-7(9)11/h3-6H,1-2H3/t5-,6-,9-,10+/m0/s1. The molecule has 74 valence electrons. The molecule has 0 N–H and O–H groups in total. The summed E-state index contributed by atoms with van der Waals surface area (Å²) < 4.78 is 10.3. The predicted molar refractivity (Wildman–Crippen MR) is 45.1 cm³/mol. The van der Waals surface area contributed by atoms with E-state index >= 15 is 0 Å². The average Bonchev–Trinajstić information content (AvgIpc) is 2.73. The van der Waals surface area contributed by atoms with Gasteiger partial charge in [-0.1, -0.05) is 12.2 Å². The van der Waals surface area contributed by atoms with Crippen molar-refractivity contribution in [2.45, 2.75) is 26.1 Å². The zero-order chi connectivity index (χ0) is 10.1. The summed E-state index contributed by atoms with van der Waals surface area (Å²) in [5.41, 5.74) is -1.66. The average molecular weight is 194 g/mol. The summed E-state index contributed by atoms with van der Waals surface area (Å²) in [7, 11) is 0. The van der Waals surface area contributed by atoms with Gasteiger partial charge in [-0.05, 0) is 13.8 Å². The molecule has 2 bridgehead atoms.